The van der Waals surface area contributed by atoms with E-state index in [-0.39, 0.29) is 5.41 Å². The molecule has 0 saturated heterocycles. The molecule has 0 heterocycles. The van der Waals surface area contributed by atoms with Crippen molar-refractivity contribution >= 4 is 12.5 Å². The number of rotatable bonds is 7. The second kappa shape index (κ2) is 9.38. The monoisotopic (exact) mass is 349 g/mol. The fourth-order valence-corrected chi connectivity index (χ4v) is 3.50. The first-order valence-electron chi connectivity index (χ1n) is 9.41. The lowest BCUT2D eigenvalue weighted by Crippen LogP contribution is -2.19. The van der Waals surface area contributed by atoms with Crippen LogP contribution in [0.25, 0.3) is 6.08 Å². The molecule has 1 aliphatic carbocycles. The normalized spacial score (nSPS) is 17.9. The molecule has 1 aromatic rings. The highest BCUT2D eigenvalue weighted by molar-refractivity contribution is 5.52. The van der Waals surface area contributed by atoms with Crippen LogP contribution in [-0.4, -0.2) is 6.41 Å². The van der Waals surface area contributed by atoms with Gasteiger partial charge in [-0.25, -0.2) is 0 Å². The van der Waals surface area contributed by atoms with Gasteiger partial charge in [-0.05, 0) is 55.2 Å². The molecule has 0 aromatic heterocycles. The zero-order valence-electron chi connectivity index (χ0n) is 16.5. The number of carbonyl (C=O) groups excluding carboxylic acids is 1. The van der Waals surface area contributed by atoms with Gasteiger partial charge < -0.3 is 5.32 Å². The molecule has 0 unspecified atom stereocenters. The Labute approximate surface area is 158 Å². The van der Waals surface area contributed by atoms with Crippen LogP contribution in [-0.2, 0) is 11.3 Å². The lowest BCUT2D eigenvalue weighted by Gasteiger charge is -2.32. The van der Waals surface area contributed by atoms with Crippen molar-refractivity contribution in [2.24, 2.45) is 5.41 Å². The first-order chi connectivity index (χ1) is 12.4. The molecule has 0 fully saturated rings. The second-order valence-electron chi connectivity index (χ2n) is 7.77. The van der Waals surface area contributed by atoms with E-state index in [4.69, 9.17) is 0 Å². The van der Waals surface area contributed by atoms with Crippen LogP contribution in [0.1, 0.15) is 58.1 Å². The Balaban J connectivity index is 1.99. The summed E-state index contributed by atoms with van der Waals surface area (Å²) in [5.74, 6) is 0. The second-order valence-corrected chi connectivity index (χ2v) is 7.77. The Morgan fingerprint density at radius 1 is 1.19 bits per heavy atom. The molecular weight excluding hydrogens is 318 g/mol. The van der Waals surface area contributed by atoms with E-state index in [1.165, 1.54) is 36.0 Å². The Hall–Kier alpha value is -2.35. The van der Waals surface area contributed by atoms with Crippen molar-refractivity contribution < 1.29 is 4.79 Å². The Morgan fingerprint density at radius 2 is 1.92 bits per heavy atom. The molecule has 1 aromatic carbocycles. The summed E-state index contributed by atoms with van der Waals surface area (Å²) < 4.78 is 0. The first kappa shape index (κ1) is 20.0. The molecule has 0 radical (unpaired) electrons. The number of hydrogen-bond donors (Lipinski definition) is 1. The minimum atomic E-state index is 0.287. The van der Waals surface area contributed by atoms with Gasteiger partial charge in [-0.15, -0.1) is 0 Å². The predicted molar refractivity (Wildman–Crippen MR) is 112 cm³/mol. The molecule has 26 heavy (non-hydrogen) atoms. The fourth-order valence-electron chi connectivity index (χ4n) is 3.50. The molecule has 2 nitrogen and oxygen atoms in total. The number of hydrogen-bond acceptors (Lipinski definition) is 1. The summed E-state index contributed by atoms with van der Waals surface area (Å²) >= 11 is 0. The minimum absolute atomic E-state index is 0.287. The van der Waals surface area contributed by atoms with E-state index in [9.17, 15) is 4.79 Å². The van der Waals surface area contributed by atoms with E-state index < -0.39 is 0 Å². The Morgan fingerprint density at radius 3 is 2.58 bits per heavy atom. The molecule has 138 valence electrons. The number of carbonyl (C=O) groups is 1. The average molecular weight is 350 g/mol. The maximum atomic E-state index is 10.3. The lowest BCUT2D eigenvalue weighted by molar-refractivity contribution is -0.109. The van der Waals surface area contributed by atoms with E-state index in [0.29, 0.717) is 6.54 Å². The van der Waals surface area contributed by atoms with Crippen molar-refractivity contribution in [3.8, 4) is 0 Å². The van der Waals surface area contributed by atoms with Crippen LogP contribution < -0.4 is 5.32 Å². The van der Waals surface area contributed by atoms with Gasteiger partial charge >= 0.3 is 0 Å². The number of benzene rings is 1. The van der Waals surface area contributed by atoms with Crippen molar-refractivity contribution in [1.29, 1.82) is 0 Å². The van der Waals surface area contributed by atoms with Gasteiger partial charge in [-0.3, -0.25) is 4.79 Å². The summed E-state index contributed by atoms with van der Waals surface area (Å²) in [5.41, 5.74) is 6.82. The van der Waals surface area contributed by atoms with Crippen molar-refractivity contribution in [1.82, 2.24) is 5.32 Å². The third-order valence-electron chi connectivity index (χ3n) is 5.07. The third-order valence-corrected chi connectivity index (χ3v) is 5.07. The quantitative estimate of drug-likeness (QED) is 0.476. The number of amides is 1. The van der Waals surface area contributed by atoms with E-state index >= 15 is 0 Å². The molecule has 1 aliphatic rings. The molecule has 2 rings (SSSR count). The summed E-state index contributed by atoms with van der Waals surface area (Å²) in [6.45, 7) is 9.68. The van der Waals surface area contributed by atoms with Crippen LogP contribution in [0, 0.1) is 5.41 Å². The molecule has 0 spiro atoms. The van der Waals surface area contributed by atoms with Crippen LogP contribution in [0.5, 0.6) is 0 Å². The molecular formula is C24H31NO. The number of allylic oxidation sites excluding steroid dienone is 7. The van der Waals surface area contributed by atoms with Crippen LogP contribution in [0.2, 0.25) is 0 Å². The van der Waals surface area contributed by atoms with E-state index in [1.807, 2.05) is 12.1 Å². The summed E-state index contributed by atoms with van der Waals surface area (Å²) in [6.07, 6.45) is 15.4. The van der Waals surface area contributed by atoms with Gasteiger partial charge in [0, 0.05) is 6.54 Å². The largest absolute Gasteiger partial charge is 0.355 e. The predicted octanol–water partition coefficient (Wildman–Crippen LogP) is 5.97. The standard InChI is InChI=1S/C24H31NO/c1-19(10-15-23-20(2)8-6-16-24(23,3)4)7-5-9-21-11-13-22(14-12-21)17-25-18-26/h5,7,9-15,18H,6,8,16-17H2,1-4H3,(H,25,26). The highest BCUT2D eigenvalue weighted by atomic mass is 16.1. The summed E-state index contributed by atoms with van der Waals surface area (Å²) in [7, 11) is 0. The van der Waals surface area contributed by atoms with Gasteiger partial charge in [-0.2, -0.15) is 0 Å². The number of nitrogens with one attached hydrogen (secondary N) is 1. The molecule has 0 atom stereocenters. The highest BCUT2D eigenvalue weighted by Gasteiger charge is 2.26. The molecule has 1 N–H and O–H groups in total. The summed E-state index contributed by atoms with van der Waals surface area (Å²) in [4.78, 5) is 10.3. The van der Waals surface area contributed by atoms with Gasteiger partial charge in [-0.1, -0.05) is 79.6 Å². The smallest absolute Gasteiger partial charge is 0.207 e. The van der Waals surface area contributed by atoms with Crippen molar-refractivity contribution in [3.05, 3.63) is 76.4 Å². The van der Waals surface area contributed by atoms with Gasteiger partial charge in [0.05, 0.1) is 0 Å². The van der Waals surface area contributed by atoms with Crippen LogP contribution >= 0.6 is 0 Å². The fraction of sp³-hybridized carbons (Fsp3) is 0.375. The topological polar surface area (TPSA) is 29.1 Å². The highest BCUT2D eigenvalue weighted by Crippen LogP contribution is 2.40. The first-order valence-corrected chi connectivity index (χ1v) is 9.41. The van der Waals surface area contributed by atoms with Crippen LogP contribution in [0.15, 0.2) is 65.3 Å². The Bertz CT molecular complexity index is 730. The molecule has 0 saturated carbocycles. The molecule has 1 amide bonds. The van der Waals surface area contributed by atoms with Gasteiger partial charge in [0.1, 0.15) is 0 Å². The maximum absolute atomic E-state index is 10.3. The van der Waals surface area contributed by atoms with Gasteiger partial charge in [0.2, 0.25) is 6.41 Å². The maximum Gasteiger partial charge on any atom is 0.207 e. The van der Waals surface area contributed by atoms with Crippen LogP contribution in [0.4, 0.5) is 0 Å². The summed E-state index contributed by atoms with van der Waals surface area (Å²) in [6, 6.07) is 8.20. The SMILES string of the molecule is CC(C=CC1=C(C)CCCC1(C)C)=CC=Cc1ccc(CNC=O)cc1. The van der Waals surface area contributed by atoms with E-state index in [2.05, 4.69) is 75.5 Å². The van der Waals surface area contributed by atoms with Crippen molar-refractivity contribution in [3.63, 3.8) is 0 Å². The van der Waals surface area contributed by atoms with E-state index in [0.717, 1.165) is 17.5 Å². The van der Waals surface area contributed by atoms with Crippen molar-refractivity contribution in [2.45, 2.75) is 53.5 Å². The van der Waals surface area contributed by atoms with E-state index in [1.54, 1.807) is 0 Å². The third kappa shape index (κ3) is 5.87. The van der Waals surface area contributed by atoms with Gasteiger partial charge in [0.15, 0.2) is 0 Å². The lowest BCUT2D eigenvalue weighted by atomic mass is 9.72. The van der Waals surface area contributed by atoms with Crippen molar-refractivity contribution in [2.75, 3.05) is 0 Å². The zero-order valence-corrected chi connectivity index (χ0v) is 16.5. The molecule has 2 heteroatoms. The van der Waals surface area contributed by atoms with Crippen LogP contribution in [0.3, 0.4) is 0 Å². The molecule has 0 bridgehead atoms. The minimum Gasteiger partial charge on any atom is -0.355 e. The zero-order chi connectivity index (χ0) is 19.0. The molecule has 0 aliphatic heterocycles. The Kier molecular flexibility index (Phi) is 7.20. The summed E-state index contributed by atoms with van der Waals surface area (Å²) in [5, 5.41) is 2.67. The average Bonchev–Trinajstić information content (AvgIpc) is 2.60. The van der Waals surface area contributed by atoms with Gasteiger partial charge in [0.25, 0.3) is 0 Å².